The summed E-state index contributed by atoms with van der Waals surface area (Å²) in [5, 5.41) is 4.33. The number of methoxy groups -OCH3 is 1. The van der Waals surface area contributed by atoms with E-state index < -0.39 is 0 Å². The van der Waals surface area contributed by atoms with Gasteiger partial charge in [0.2, 0.25) is 0 Å². The zero-order valence-electron chi connectivity index (χ0n) is 12.9. The second-order valence-corrected chi connectivity index (χ2v) is 5.76. The molecule has 2 aromatic rings. The Morgan fingerprint density at radius 3 is 2.64 bits per heavy atom. The van der Waals surface area contributed by atoms with Gasteiger partial charge in [-0.05, 0) is 54.3 Å². The summed E-state index contributed by atoms with van der Waals surface area (Å²) in [7, 11) is 1.68. The fourth-order valence-corrected chi connectivity index (χ4v) is 3.07. The van der Waals surface area contributed by atoms with Gasteiger partial charge in [0.1, 0.15) is 0 Å². The van der Waals surface area contributed by atoms with Crippen molar-refractivity contribution in [2.24, 2.45) is 0 Å². The first-order chi connectivity index (χ1) is 10.7. The molecule has 1 atom stereocenters. The van der Waals surface area contributed by atoms with Crippen LogP contribution in [0.5, 0.6) is 11.5 Å². The summed E-state index contributed by atoms with van der Waals surface area (Å²) in [6.07, 6.45) is 0.988. The van der Waals surface area contributed by atoms with Crippen LogP contribution >= 0.6 is 11.6 Å². The van der Waals surface area contributed by atoms with Crippen molar-refractivity contribution in [3.05, 3.63) is 58.1 Å². The zero-order chi connectivity index (χ0) is 15.5. The molecular weight excluding hydrogens is 298 g/mol. The van der Waals surface area contributed by atoms with Crippen LogP contribution in [0.1, 0.15) is 29.7 Å². The molecule has 1 heterocycles. The summed E-state index contributed by atoms with van der Waals surface area (Å²) in [5.74, 6) is 1.60. The second-order valence-electron chi connectivity index (χ2n) is 5.32. The predicted octanol–water partition coefficient (Wildman–Crippen LogP) is 3.98. The molecule has 1 unspecified atom stereocenters. The van der Waals surface area contributed by atoms with Gasteiger partial charge < -0.3 is 14.8 Å². The lowest BCUT2D eigenvalue weighted by atomic mass is 9.89. The van der Waals surface area contributed by atoms with E-state index in [9.17, 15) is 0 Å². The summed E-state index contributed by atoms with van der Waals surface area (Å²) in [6, 6.07) is 12.4. The van der Waals surface area contributed by atoms with Crippen LogP contribution in [0.3, 0.4) is 0 Å². The van der Waals surface area contributed by atoms with E-state index in [0.717, 1.165) is 29.5 Å². The molecule has 116 valence electrons. The largest absolute Gasteiger partial charge is 0.493 e. The topological polar surface area (TPSA) is 30.5 Å². The monoisotopic (exact) mass is 317 g/mol. The first-order valence-corrected chi connectivity index (χ1v) is 7.93. The summed E-state index contributed by atoms with van der Waals surface area (Å²) >= 11 is 6.00. The summed E-state index contributed by atoms with van der Waals surface area (Å²) in [6.45, 7) is 3.54. The molecule has 4 heteroatoms. The number of hydrogen-bond donors (Lipinski definition) is 1. The van der Waals surface area contributed by atoms with Gasteiger partial charge >= 0.3 is 0 Å². The number of ether oxygens (including phenoxy) is 2. The number of halogens is 1. The third-order valence-electron chi connectivity index (χ3n) is 3.98. The zero-order valence-corrected chi connectivity index (χ0v) is 13.6. The van der Waals surface area contributed by atoms with Crippen LogP contribution in [0.4, 0.5) is 0 Å². The first kappa shape index (κ1) is 15.2. The minimum atomic E-state index is 0.158. The molecule has 2 aromatic carbocycles. The van der Waals surface area contributed by atoms with Crippen molar-refractivity contribution in [3.8, 4) is 11.5 Å². The molecule has 3 rings (SSSR count). The molecule has 0 aromatic heterocycles. The summed E-state index contributed by atoms with van der Waals surface area (Å²) in [5.41, 5.74) is 3.76. The van der Waals surface area contributed by atoms with E-state index in [1.807, 2.05) is 19.1 Å². The van der Waals surface area contributed by atoms with Crippen molar-refractivity contribution >= 4 is 11.6 Å². The Balaban J connectivity index is 2.04. The maximum absolute atomic E-state index is 6.00. The normalized spacial score (nSPS) is 17.0. The molecule has 1 aliphatic rings. The molecule has 0 spiro atoms. The van der Waals surface area contributed by atoms with Crippen LogP contribution < -0.4 is 14.8 Å². The number of hydrogen-bond acceptors (Lipinski definition) is 3. The van der Waals surface area contributed by atoms with E-state index in [2.05, 4.69) is 29.6 Å². The Kier molecular flexibility index (Phi) is 4.55. The fourth-order valence-electron chi connectivity index (χ4n) is 2.94. The van der Waals surface area contributed by atoms with Crippen LogP contribution in [-0.4, -0.2) is 20.3 Å². The van der Waals surface area contributed by atoms with Crippen molar-refractivity contribution in [2.45, 2.75) is 19.4 Å². The maximum atomic E-state index is 6.00. The highest BCUT2D eigenvalue weighted by atomic mass is 35.5. The molecular formula is C18H20ClNO2. The molecule has 3 nitrogen and oxygen atoms in total. The highest BCUT2D eigenvalue weighted by Gasteiger charge is 2.23. The quantitative estimate of drug-likeness (QED) is 0.925. The molecule has 22 heavy (non-hydrogen) atoms. The molecule has 1 N–H and O–H groups in total. The third kappa shape index (κ3) is 2.92. The maximum Gasteiger partial charge on any atom is 0.161 e. The van der Waals surface area contributed by atoms with Gasteiger partial charge in [0.15, 0.2) is 11.5 Å². The second kappa shape index (κ2) is 6.59. The van der Waals surface area contributed by atoms with Crippen molar-refractivity contribution < 1.29 is 9.47 Å². The Morgan fingerprint density at radius 2 is 1.95 bits per heavy atom. The van der Waals surface area contributed by atoms with Crippen LogP contribution in [0.25, 0.3) is 0 Å². The molecule has 0 saturated heterocycles. The predicted molar refractivity (Wildman–Crippen MR) is 89.2 cm³/mol. The van der Waals surface area contributed by atoms with Crippen LogP contribution in [0.15, 0.2) is 36.4 Å². The Morgan fingerprint density at radius 1 is 1.18 bits per heavy atom. The molecule has 0 saturated carbocycles. The van der Waals surface area contributed by atoms with Gasteiger partial charge in [-0.15, -0.1) is 0 Å². The lowest BCUT2D eigenvalue weighted by Crippen LogP contribution is -2.30. The van der Waals surface area contributed by atoms with E-state index in [1.54, 1.807) is 7.11 Å². The molecule has 0 bridgehead atoms. The van der Waals surface area contributed by atoms with Crippen LogP contribution in [0, 0.1) is 0 Å². The van der Waals surface area contributed by atoms with Gasteiger partial charge in [-0.3, -0.25) is 0 Å². The molecule has 0 amide bonds. The third-order valence-corrected chi connectivity index (χ3v) is 4.23. The smallest absolute Gasteiger partial charge is 0.161 e. The van der Waals surface area contributed by atoms with Crippen LogP contribution in [-0.2, 0) is 6.42 Å². The number of fused-ring (bicyclic) bond motifs is 1. The average Bonchev–Trinajstić information content (AvgIpc) is 2.55. The van der Waals surface area contributed by atoms with Crippen molar-refractivity contribution in [1.82, 2.24) is 5.32 Å². The van der Waals surface area contributed by atoms with Gasteiger partial charge in [-0.25, -0.2) is 0 Å². The summed E-state index contributed by atoms with van der Waals surface area (Å²) in [4.78, 5) is 0. The number of rotatable bonds is 4. The standard InChI is InChI=1S/C18H20ClNO2/c1-3-22-17-11-15-13(10-16(17)21-2)8-9-20-18(15)12-4-6-14(19)7-5-12/h4-7,10-11,18,20H,3,8-9H2,1-2H3. The first-order valence-electron chi connectivity index (χ1n) is 7.55. The molecule has 0 fully saturated rings. The number of nitrogens with one attached hydrogen (secondary N) is 1. The van der Waals surface area contributed by atoms with Gasteiger partial charge in [0.25, 0.3) is 0 Å². The van der Waals surface area contributed by atoms with E-state index in [1.165, 1.54) is 16.7 Å². The summed E-state index contributed by atoms with van der Waals surface area (Å²) < 4.78 is 11.2. The van der Waals surface area contributed by atoms with Gasteiger partial charge in [-0.1, -0.05) is 23.7 Å². The van der Waals surface area contributed by atoms with E-state index in [4.69, 9.17) is 21.1 Å². The van der Waals surface area contributed by atoms with Crippen LogP contribution in [0.2, 0.25) is 5.02 Å². The van der Waals surface area contributed by atoms with E-state index >= 15 is 0 Å². The highest BCUT2D eigenvalue weighted by Crippen LogP contribution is 2.37. The van der Waals surface area contributed by atoms with Crippen molar-refractivity contribution in [1.29, 1.82) is 0 Å². The number of benzene rings is 2. The average molecular weight is 318 g/mol. The van der Waals surface area contributed by atoms with E-state index in [0.29, 0.717) is 6.61 Å². The lowest BCUT2D eigenvalue weighted by Gasteiger charge is -2.28. The van der Waals surface area contributed by atoms with Gasteiger partial charge in [0.05, 0.1) is 19.8 Å². The SMILES string of the molecule is CCOc1cc2c(cc1OC)CCNC2c1ccc(Cl)cc1. The van der Waals surface area contributed by atoms with Crippen molar-refractivity contribution in [3.63, 3.8) is 0 Å². The fraction of sp³-hybridized carbons (Fsp3) is 0.333. The molecule has 0 aliphatic carbocycles. The Labute approximate surface area is 136 Å². The van der Waals surface area contributed by atoms with Crippen molar-refractivity contribution in [2.75, 3.05) is 20.3 Å². The lowest BCUT2D eigenvalue weighted by molar-refractivity contribution is 0.309. The minimum Gasteiger partial charge on any atom is -0.493 e. The Bertz CT molecular complexity index is 655. The van der Waals surface area contributed by atoms with Gasteiger partial charge in [0, 0.05) is 11.6 Å². The Hall–Kier alpha value is -1.71. The molecule has 1 aliphatic heterocycles. The highest BCUT2D eigenvalue weighted by molar-refractivity contribution is 6.30. The van der Waals surface area contributed by atoms with E-state index in [-0.39, 0.29) is 6.04 Å². The van der Waals surface area contributed by atoms with Gasteiger partial charge in [-0.2, -0.15) is 0 Å². The minimum absolute atomic E-state index is 0.158. The molecule has 0 radical (unpaired) electrons.